The van der Waals surface area contributed by atoms with Gasteiger partial charge >= 0.3 is 0 Å². The monoisotopic (exact) mass is 292 g/mol. The molecular weight excluding hydrogens is 271 g/mol. The number of phenolic OH excluding ortho intramolecular Hbond substituents is 1. The maximum absolute atomic E-state index is 13.7. The van der Waals surface area contributed by atoms with Crippen LogP contribution >= 0.6 is 0 Å². The first-order valence-electron chi connectivity index (χ1n) is 7.56. The Balaban J connectivity index is 1.68. The lowest BCUT2D eigenvalue weighted by atomic mass is 9.82. The number of fused-ring (bicyclic) bond motifs is 2. The number of benzene rings is 1. The van der Waals surface area contributed by atoms with Crippen molar-refractivity contribution in [2.24, 2.45) is 0 Å². The summed E-state index contributed by atoms with van der Waals surface area (Å²) in [4.78, 5) is 14.6. The summed E-state index contributed by atoms with van der Waals surface area (Å²) in [6, 6.07) is 4.78. The predicted octanol–water partition coefficient (Wildman–Crippen LogP) is 2.28. The topological polar surface area (TPSA) is 52.6 Å². The first-order valence-corrected chi connectivity index (χ1v) is 7.56. The average molecular weight is 292 g/mol. The van der Waals surface area contributed by atoms with E-state index >= 15 is 0 Å². The molecular formula is C16H21FN2O2. The maximum Gasteiger partial charge on any atom is 0.254 e. The molecule has 1 aromatic carbocycles. The SMILES string of the molecule is CN1C2CCCC1CC(NC(=O)c1ccc(O)cc1F)C2. The molecule has 4 nitrogen and oxygen atoms in total. The summed E-state index contributed by atoms with van der Waals surface area (Å²) >= 11 is 0. The van der Waals surface area contributed by atoms with Gasteiger partial charge in [0.25, 0.3) is 5.91 Å². The van der Waals surface area contributed by atoms with Gasteiger partial charge < -0.3 is 15.3 Å². The molecule has 0 aromatic heterocycles. The molecule has 2 fully saturated rings. The fourth-order valence-electron chi connectivity index (χ4n) is 3.68. The average Bonchev–Trinajstić information content (AvgIpc) is 2.39. The number of amides is 1. The lowest BCUT2D eigenvalue weighted by Gasteiger charge is -2.47. The molecule has 3 rings (SSSR count). The normalized spacial score (nSPS) is 29.1. The molecule has 0 radical (unpaired) electrons. The van der Waals surface area contributed by atoms with E-state index in [1.54, 1.807) is 0 Å². The largest absolute Gasteiger partial charge is 0.508 e. The Hall–Kier alpha value is -1.62. The van der Waals surface area contributed by atoms with Gasteiger partial charge in [0.15, 0.2) is 0 Å². The number of hydrogen-bond acceptors (Lipinski definition) is 3. The number of nitrogens with zero attached hydrogens (tertiary/aromatic N) is 1. The predicted molar refractivity (Wildman–Crippen MR) is 77.7 cm³/mol. The summed E-state index contributed by atoms with van der Waals surface area (Å²) < 4.78 is 13.7. The third-order valence-electron chi connectivity index (χ3n) is 4.87. The van der Waals surface area contributed by atoms with Crippen molar-refractivity contribution in [2.45, 2.75) is 50.2 Å². The van der Waals surface area contributed by atoms with Crippen LogP contribution in [0.5, 0.6) is 5.75 Å². The molecule has 0 spiro atoms. The first kappa shape index (κ1) is 14.3. The Kier molecular flexibility index (Phi) is 3.85. The van der Waals surface area contributed by atoms with Crippen LogP contribution < -0.4 is 5.32 Å². The number of halogens is 1. The minimum absolute atomic E-state index is 0.00288. The highest BCUT2D eigenvalue weighted by Crippen LogP contribution is 2.32. The van der Waals surface area contributed by atoms with Crippen LogP contribution in [0.3, 0.4) is 0 Å². The summed E-state index contributed by atoms with van der Waals surface area (Å²) in [5, 5.41) is 12.2. The van der Waals surface area contributed by atoms with Crippen molar-refractivity contribution < 1.29 is 14.3 Å². The van der Waals surface area contributed by atoms with Crippen LogP contribution in [-0.4, -0.2) is 41.1 Å². The van der Waals surface area contributed by atoms with Crippen molar-refractivity contribution in [1.82, 2.24) is 10.2 Å². The second-order valence-electron chi connectivity index (χ2n) is 6.21. The summed E-state index contributed by atoms with van der Waals surface area (Å²) in [5.74, 6) is -1.24. The number of nitrogens with one attached hydrogen (secondary N) is 1. The van der Waals surface area contributed by atoms with Crippen LogP contribution in [0.15, 0.2) is 18.2 Å². The van der Waals surface area contributed by atoms with E-state index in [2.05, 4.69) is 17.3 Å². The molecule has 2 atom stereocenters. The summed E-state index contributed by atoms with van der Waals surface area (Å²) in [5.41, 5.74) is -0.00288. The molecule has 0 saturated carbocycles. The zero-order valence-corrected chi connectivity index (χ0v) is 12.2. The summed E-state index contributed by atoms with van der Waals surface area (Å²) in [7, 11) is 2.16. The second kappa shape index (κ2) is 5.64. The van der Waals surface area contributed by atoms with Gasteiger partial charge in [0.2, 0.25) is 0 Å². The molecule has 1 amide bonds. The van der Waals surface area contributed by atoms with E-state index in [9.17, 15) is 14.3 Å². The van der Waals surface area contributed by atoms with Crippen molar-refractivity contribution in [3.63, 3.8) is 0 Å². The number of hydrogen-bond donors (Lipinski definition) is 2. The van der Waals surface area contributed by atoms with Crippen molar-refractivity contribution in [1.29, 1.82) is 0 Å². The molecule has 2 aliphatic rings. The quantitative estimate of drug-likeness (QED) is 0.879. The minimum Gasteiger partial charge on any atom is -0.508 e. The Labute approximate surface area is 124 Å². The van der Waals surface area contributed by atoms with E-state index in [-0.39, 0.29) is 23.3 Å². The van der Waals surface area contributed by atoms with Crippen molar-refractivity contribution in [2.75, 3.05) is 7.05 Å². The number of rotatable bonds is 2. The lowest BCUT2D eigenvalue weighted by molar-refractivity contribution is 0.0462. The molecule has 2 saturated heterocycles. The van der Waals surface area contributed by atoms with Gasteiger partial charge in [-0.15, -0.1) is 0 Å². The van der Waals surface area contributed by atoms with E-state index in [1.807, 2.05) is 0 Å². The van der Waals surface area contributed by atoms with Gasteiger partial charge in [0, 0.05) is 24.2 Å². The summed E-state index contributed by atoms with van der Waals surface area (Å²) in [6.45, 7) is 0. The second-order valence-corrected chi connectivity index (χ2v) is 6.21. The van der Waals surface area contributed by atoms with E-state index in [0.717, 1.165) is 18.9 Å². The smallest absolute Gasteiger partial charge is 0.254 e. The molecule has 1 aromatic rings. The van der Waals surface area contributed by atoms with E-state index < -0.39 is 5.82 Å². The molecule has 21 heavy (non-hydrogen) atoms. The first-order chi connectivity index (χ1) is 10.0. The van der Waals surface area contributed by atoms with Gasteiger partial charge in [-0.05, 0) is 44.9 Å². The Morgan fingerprint density at radius 2 is 2.00 bits per heavy atom. The van der Waals surface area contributed by atoms with Crippen LogP contribution in [0.25, 0.3) is 0 Å². The number of aromatic hydroxyl groups is 1. The third-order valence-corrected chi connectivity index (χ3v) is 4.87. The molecule has 5 heteroatoms. The zero-order chi connectivity index (χ0) is 15.0. The van der Waals surface area contributed by atoms with Crippen LogP contribution in [-0.2, 0) is 0 Å². The van der Waals surface area contributed by atoms with Gasteiger partial charge in [-0.25, -0.2) is 4.39 Å². The van der Waals surface area contributed by atoms with Gasteiger partial charge in [0.1, 0.15) is 11.6 Å². The Bertz CT molecular complexity index is 535. The van der Waals surface area contributed by atoms with E-state index in [4.69, 9.17) is 0 Å². The van der Waals surface area contributed by atoms with Crippen molar-refractivity contribution >= 4 is 5.91 Å². The fourth-order valence-corrected chi connectivity index (χ4v) is 3.68. The molecule has 114 valence electrons. The number of carbonyl (C=O) groups excluding carboxylic acids is 1. The minimum atomic E-state index is -0.680. The Morgan fingerprint density at radius 3 is 2.62 bits per heavy atom. The highest BCUT2D eigenvalue weighted by Gasteiger charge is 2.36. The maximum atomic E-state index is 13.7. The van der Waals surface area contributed by atoms with Crippen molar-refractivity contribution in [3.8, 4) is 5.75 Å². The van der Waals surface area contributed by atoms with Gasteiger partial charge in [-0.1, -0.05) is 6.42 Å². The van der Waals surface area contributed by atoms with Gasteiger partial charge in [0.05, 0.1) is 5.56 Å². The highest BCUT2D eigenvalue weighted by molar-refractivity contribution is 5.94. The number of carbonyl (C=O) groups is 1. The number of phenols is 1. The van der Waals surface area contributed by atoms with Crippen LogP contribution in [0.2, 0.25) is 0 Å². The standard InChI is InChI=1S/C16H21FN2O2/c1-19-11-3-2-4-12(19)8-10(7-11)18-16(21)14-6-5-13(20)9-15(14)17/h5-6,9-12,20H,2-4,7-8H2,1H3,(H,18,21). The molecule has 2 bridgehead atoms. The highest BCUT2D eigenvalue weighted by atomic mass is 19.1. The van der Waals surface area contributed by atoms with Crippen LogP contribution in [0, 0.1) is 5.82 Å². The lowest BCUT2D eigenvalue weighted by Crippen LogP contribution is -2.55. The summed E-state index contributed by atoms with van der Waals surface area (Å²) in [6.07, 6.45) is 5.46. The molecule has 2 N–H and O–H groups in total. The molecule has 0 aliphatic carbocycles. The molecule has 2 aliphatic heterocycles. The Morgan fingerprint density at radius 1 is 1.33 bits per heavy atom. The van der Waals surface area contributed by atoms with Crippen LogP contribution in [0.1, 0.15) is 42.5 Å². The fraction of sp³-hybridized carbons (Fsp3) is 0.562. The van der Waals surface area contributed by atoms with Crippen LogP contribution in [0.4, 0.5) is 4.39 Å². The zero-order valence-electron chi connectivity index (χ0n) is 12.2. The third kappa shape index (κ3) is 2.88. The van der Waals surface area contributed by atoms with E-state index in [1.165, 1.54) is 31.4 Å². The van der Waals surface area contributed by atoms with E-state index in [0.29, 0.717) is 12.1 Å². The van der Waals surface area contributed by atoms with Crippen molar-refractivity contribution in [3.05, 3.63) is 29.6 Å². The van der Waals surface area contributed by atoms with Gasteiger partial charge in [-0.3, -0.25) is 4.79 Å². The number of piperidine rings is 2. The van der Waals surface area contributed by atoms with Gasteiger partial charge in [-0.2, -0.15) is 0 Å². The molecule has 2 unspecified atom stereocenters. The molecule has 2 heterocycles.